The molecule has 12 heteroatoms. The number of nitrogens with two attached hydrogens (primary N) is 1. The number of fused-ring (bicyclic) bond motifs is 2. The van der Waals surface area contributed by atoms with Gasteiger partial charge in [-0.25, -0.2) is 0 Å². The maximum Gasteiger partial charge on any atom is 0.319 e. The van der Waals surface area contributed by atoms with Crippen molar-refractivity contribution in [1.29, 1.82) is 0 Å². The number of aromatic nitrogens is 4. The molecule has 6 rings (SSSR count). The number of carboxylic acids is 1. The summed E-state index contributed by atoms with van der Waals surface area (Å²) in [6.45, 7) is 7.35. The molecule has 4 aromatic heterocycles. The highest BCUT2D eigenvalue weighted by atomic mass is 79.9. The third kappa shape index (κ3) is 11.1. The molecule has 4 heterocycles. The summed E-state index contributed by atoms with van der Waals surface area (Å²) in [6.07, 6.45) is 10.7. The first-order valence-corrected chi connectivity index (χ1v) is 18.2. The summed E-state index contributed by atoms with van der Waals surface area (Å²) in [5.41, 5.74) is 8.86. The Kier molecular flexibility index (Phi) is 13.3. The van der Waals surface area contributed by atoms with Crippen LogP contribution in [-0.2, 0) is 16.0 Å². The van der Waals surface area contributed by atoms with Gasteiger partial charge in [-0.1, -0.05) is 31.9 Å². The fourth-order valence-corrected chi connectivity index (χ4v) is 7.18. The number of thioether (sulfide) groups is 2. The minimum absolute atomic E-state index is 0.193. The molecule has 3 N–H and O–H groups in total. The maximum absolute atomic E-state index is 12.8. The van der Waals surface area contributed by atoms with E-state index in [2.05, 4.69) is 51.8 Å². The molecule has 49 heavy (non-hydrogen) atoms. The lowest BCUT2D eigenvalue weighted by atomic mass is 10.0. The van der Waals surface area contributed by atoms with Gasteiger partial charge < -0.3 is 10.8 Å². The molecule has 0 bridgehead atoms. The molecule has 0 aliphatic rings. The predicted octanol–water partition coefficient (Wildman–Crippen LogP) is 9.69. The second kappa shape index (κ2) is 17.2. The van der Waals surface area contributed by atoms with Gasteiger partial charge >= 0.3 is 5.97 Å². The number of carbonyl (C=O) groups is 2. The number of anilines is 1. The summed E-state index contributed by atoms with van der Waals surface area (Å²) in [7, 11) is 0. The van der Waals surface area contributed by atoms with Crippen molar-refractivity contribution in [3.05, 3.63) is 124 Å². The lowest BCUT2D eigenvalue weighted by molar-refractivity contribution is -0.138. The molecule has 0 amide bonds. The Labute approximate surface area is 311 Å². The monoisotopic (exact) mass is 819 g/mol. The van der Waals surface area contributed by atoms with Gasteiger partial charge in [0.1, 0.15) is 4.75 Å². The van der Waals surface area contributed by atoms with Gasteiger partial charge in [0.2, 0.25) is 0 Å². The number of ketones is 1. The van der Waals surface area contributed by atoms with Gasteiger partial charge in [-0.15, -0.1) is 23.5 Å². The van der Waals surface area contributed by atoms with Crippen LogP contribution in [0.2, 0.25) is 0 Å². The third-order valence-electron chi connectivity index (χ3n) is 7.06. The molecular weight excluding hydrogens is 786 g/mol. The van der Waals surface area contributed by atoms with E-state index in [1.165, 1.54) is 11.8 Å². The van der Waals surface area contributed by atoms with Crippen LogP contribution in [0.4, 0.5) is 5.69 Å². The maximum atomic E-state index is 12.8. The zero-order chi connectivity index (χ0) is 35.6. The fraction of sp³-hybridized carbons (Fsp3) is 0.189. The molecule has 0 unspecified atom stereocenters. The zero-order valence-electron chi connectivity index (χ0n) is 27.3. The van der Waals surface area contributed by atoms with Gasteiger partial charge in [0, 0.05) is 78.8 Å². The lowest BCUT2D eigenvalue weighted by Crippen LogP contribution is -2.29. The van der Waals surface area contributed by atoms with E-state index in [9.17, 15) is 14.7 Å². The quantitative estimate of drug-likeness (QED) is 0.143. The molecule has 0 aliphatic heterocycles. The number of nitrogen functional groups attached to an aromatic ring is 1. The smallest absolute Gasteiger partial charge is 0.319 e. The van der Waals surface area contributed by atoms with Crippen LogP contribution in [-0.4, -0.2) is 46.3 Å². The molecule has 0 saturated carbocycles. The van der Waals surface area contributed by atoms with Gasteiger partial charge in [0.05, 0.1) is 15.8 Å². The van der Waals surface area contributed by atoms with E-state index < -0.39 is 15.5 Å². The predicted molar refractivity (Wildman–Crippen MR) is 208 cm³/mol. The van der Waals surface area contributed by atoms with Crippen LogP contribution in [0.25, 0.3) is 21.8 Å². The number of Topliss-reactive ketones (excluding diaryl/α,β-unsaturated/α-hetero) is 1. The van der Waals surface area contributed by atoms with Crippen molar-refractivity contribution in [3.63, 3.8) is 0 Å². The molecule has 6 aromatic rings. The molecular formula is C37H35Br2N5O3S2. The van der Waals surface area contributed by atoms with E-state index in [-0.39, 0.29) is 5.78 Å². The van der Waals surface area contributed by atoms with Crippen LogP contribution >= 0.6 is 55.4 Å². The van der Waals surface area contributed by atoms with Crippen molar-refractivity contribution in [3.8, 4) is 0 Å². The minimum atomic E-state index is -0.864. The standard InChI is InChI=1S/C19H17BrN2OS.C13H12BrNO2S.C5H6N2/c1-19(2,18(23)11-13-5-8-21-9-6-13)24-17-7-10-22-16-4-3-14(20)12-15(16)17;1-13(2,12(16)17)18-11-5-6-15-10-4-3-8(14)7-9(10)11;6-5-1-3-7-4-2-5/h3-10,12H,11H2,1-2H3;3-7H,1-2H3,(H,16,17);1-4H,(H2,6,7). The first-order chi connectivity index (χ1) is 23.2. The molecule has 252 valence electrons. The number of hydrogen-bond donors (Lipinski definition) is 2. The number of benzene rings is 2. The van der Waals surface area contributed by atoms with Crippen LogP contribution < -0.4 is 5.73 Å². The van der Waals surface area contributed by atoms with Crippen molar-refractivity contribution in [1.82, 2.24) is 19.9 Å². The Morgan fingerprint density at radius 3 is 1.55 bits per heavy atom. The highest BCUT2D eigenvalue weighted by Crippen LogP contribution is 2.39. The Hall–Kier alpha value is -3.84. The molecule has 0 atom stereocenters. The number of hydrogen-bond acceptors (Lipinski definition) is 9. The van der Waals surface area contributed by atoms with Gasteiger partial charge in [-0.05, 0) is 106 Å². The molecule has 2 aromatic carbocycles. The fourth-order valence-electron chi connectivity index (χ4n) is 4.28. The van der Waals surface area contributed by atoms with E-state index in [1.54, 1.807) is 74.9 Å². The van der Waals surface area contributed by atoms with Crippen LogP contribution in [0.3, 0.4) is 0 Å². The number of pyridine rings is 4. The number of aliphatic carboxylic acids is 1. The number of rotatable bonds is 8. The third-order valence-corrected chi connectivity index (χ3v) is 10.6. The van der Waals surface area contributed by atoms with E-state index in [0.29, 0.717) is 6.42 Å². The van der Waals surface area contributed by atoms with Crippen LogP contribution in [0.15, 0.2) is 129 Å². The first kappa shape index (κ1) is 38.0. The Morgan fingerprint density at radius 2 is 1.12 bits per heavy atom. The average Bonchev–Trinajstić information content (AvgIpc) is 3.06. The molecule has 0 radical (unpaired) electrons. The van der Waals surface area contributed by atoms with Gasteiger partial charge in [-0.3, -0.25) is 29.5 Å². The van der Waals surface area contributed by atoms with E-state index >= 15 is 0 Å². The Bertz CT molecular complexity index is 2050. The summed E-state index contributed by atoms with van der Waals surface area (Å²) >= 11 is 9.85. The summed E-state index contributed by atoms with van der Waals surface area (Å²) in [5, 5.41) is 11.2. The van der Waals surface area contributed by atoms with Gasteiger partial charge in [-0.2, -0.15) is 0 Å². The minimum Gasteiger partial charge on any atom is -0.480 e. The normalized spacial score (nSPS) is 11.2. The van der Waals surface area contributed by atoms with Crippen molar-refractivity contribution < 1.29 is 14.7 Å². The lowest BCUT2D eigenvalue weighted by Gasteiger charge is -2.23. The summed E-state index contributed by atoms with van der Waals surface area (Å²) in [6, 6.07) is 22.9. The number of nitrogens with zero attached hydrogens (tertiary/aromatic N) is 4. The van der Waals surface area contributed by atoms with E-state index in [4.69, 9.17) is 5.73 Å². The number of carbonyl (C=O) groups excluding carboxylic acids is 1. The average molecular weight is 822 g/mol. The highest BCUT2D eigenvalue weighted by Gasteiger charge is 2.30. The summed E-state index contributed by atoms with van der Waals surface area (Å²) < 4.78 is 0.569. The highest BCUT2D eigenvalue weighted by molar-refractivity contribution is 9.10. The topological polar surface area (TPSA) is 132 Å². The van der Waals surface area contributed by atoms with Gasteiger partial charge in [0.15, 0.2) is 5.78 Å². The molecule has 0 fully saturated rings. The molecule has 8 nitrogen and oxygen atoms in total. The van der Waals surface area contributed by atoms with Crippen LogP contribution in [0.1, 0.15) is 33.3 Å². The second-order valence-corrected chi connectivity index (χ2v) is 16.9. The van der Waals surface area contributed by atoms with Crippen molar-refractivity contribution in [2.45, 2.75) is 53.4 Å². The number of halogens is 2. The first-order valence-electron chi connectivity index (χ1n) is 15.0. The number of carboxylic acid groups (broad SMARTS) is 1. The Morgan fingerprint density at radius 1 is 0.673 bits per heavy atom. The Balaban J connectivity index is 0.000000189. The van der Waals surface area contributed by atoms with Gasteiger partial charge in [0.25, 0.3) is 0 Å². The molecule has 0 spiro atoms. The zero-order valence-corrected chi connectivity index (χ0v) is 32.1. The molecule has 0 aliphatic carbocycles. The largest absolute Gasteiger partial charge is 0.480 e. The van der Waals surface area contributed by atoms with Crippen LogP contribution in [0.5, 0.6) is 0 Å². The van der Waals surface area contributed by atoms with E-state index in [0.717, 1.165) is 51.8 Å². The summed E-state index contributed by atoms with van der Waals surface area (Å²) in [5.74, 6) is -0.633. The van der Waals surface area contributed by atoms with Crippen LogP contribution in [0, 0.1) is 0 Å². The van der Waals surface area contributed by atoms with Crippen molar-refractivity contribution >= 4 is 94.6 Å². The SMILES string of the molecule is CC(C)(Sc1ccnc2ccc(Br)cc12)C(=O)Cc1ccncc1.CC(C)(Sc1ccnc2ccc(Br)cc12)C(=O)O.Nc1ccncc1. The van der Waals surface area contributed by atoms with Crippen molar-refractivity contribution in [2.75, 3.05) is 5.73 Å². The second-order valence-electron chi connectivity index (χ2n) is 11.7. The molecule has 0 saturated heterocycles. The van der Waals surface area contributed by atoms with E-state index in [1.807, 2.05) is 74.5 Å². The van der Waals surface area contributed by atoms with Crippen molar-refractivity contribution in [2.24, 2.45) is 0 Å². The summed E-state index contributed by atoms with van der Waals surface area (Å²) in [4.78, 5) is 42.4.